The number of aromatic hydroxyl groups is 1. The van der Waals surface area contributed by atoms with Crippen LogP contribution in [0.25, 0.3) is 0 Å². The van der Waals surface area contributed by atoms with Crippen LogP contribution in [0.4, 0.5) is 0 Å². The number of esters is 2. The molecule has 10 rings (SSSR count). The Balaban J connectivity index is 1.29. The number of piperazine rings is 1. The third kappa shape index (κ3) is 5.27. The summed E-state index contributed by atoms with van der Waals surface area (Å²) in [6.07, 6.45) is 0.0741. The van der Waals surface area contributed by atoms with Crippen LogP contribution in [0, 0.1) is 13.8 Å². The standard InChI is InChI=1S/C40H45N3O11S/c1-17-9-21-11-24-38(46)43-25-14-51-39(47)40(23-12-26(49-5)22(13-48-4)10-20(23)7-8-41-40)15-55-37(31(43)30(42-24)27(21)32(45)33(17)50-6)29-28(25)36-35(52-16-53-36)18(2)34(29)54-19(3)44/h9-10,12,24-25,30-31,37-38,41-42,45-46H,7-8,11,13-16H2,1-6H3/t24-,25-,30+,31+,37+,38-,40+/m0/s1. The maximum atomic E-state index is 14.8. The summed E-state index contributed by atoms with van der Waals surface area (Å²) in [7, 11) is 4.77. The van der Waals surface area contributed by atoms with E-state index >= 15 is 0 Å². The minimum absolute atomic E-state index is 0.0368. The zero-order chi connectivity index (χ0) is 38.5. The van der Waals surface area contributed by atoms with Crippen molar-refractivity contribution in [3.63, 3.8) is 0 Å². The van der Waals surface area contributed by atoms with Crippen molar-refractivity contribution < 1.29 is 53.0 Å². The Hall–Kier alpha value is -4.25. The largest absolute Gasteiger partial charge is 0.504 e. The second kappa shape index (κ2) is 13.5. The van der Waals surface area contributed by atoms with Gasteiger partial charge in [-0.1, -0.05) is 6.07 Å². The molecule has 7 atom stereocenters. The molecule has 0 radical (unpaired) electrons. The second-order valence-corrected chi connectivity index (χ2v) is 16.2. The van der Waals surface area contributed by atoms with Crippen LogP contribution in [0.15, 0.2) is 18.2 Å². The molecule has 7 aliphatic heterocycles. The van der Waals surface area contributed by atoms with Gasteiger partial charge in [-0.3, -0.25) is 15.0 Å². The van der Waals surface area contributed by atoms with E-state index in [9.17, 15) is 19.8 Å². The molecule has 292 valence electrons. The molecule has 0 saturated carbocycles. The third-order valence-corrected chi connectivity index (χ3v) is 13.6. The normalized spacial score (nSPS) is 28.7. The van der Waals surface area contributed by atoms with Gasteiger partial charge in [-0.05, 0) is 61.1 Å². The SMILES string of the molecule is COCc1cc2c(cc1OC)[C@@]1(CS[C@@H]3c4c(OC(C)=O)c(C)c5c(c4[C@H](COC1=O)N1[C@@H]3[C@@H]3N[C@@H](Cc4cc(C)c(OC)c(O)c43)[C@@H]1O)OCO5)NCC2. The number of aliphatic hydroxyl groups is 1. The van der Waals surface area contributed by atoms with Crippen molar-refractivity contribution in [2.75, 3.05) is 47.0 Å². The van der Waals surface area contributed by atoms with E-state index in [1.54, 1.807) is 14.2 Å². The first-order valence-electron chi connectivity index (χ1n) is 18.5. The number of phenols is 1. The number of carbonyl (C=O) groups is 2. The summed E-state index contributed by atoms with van der Waals surface area (Å²) in [6, 6.07) is 3.71. The van der Waals surface area contributed by atoms with Crippen molar-refractivity contribution in [3.05, 3.63) is 68.3 Å². The summed E-state index contributed by atoms with van der Waals surface area (Å²) in [6.45, 7) is 5.74. The lowest BCUT2D eigenvalue weighted by Crippen LogP contribution is -2.69. The third-order valence-electron chi connectivity index (χ3n) is 12.2. The van der Waals surface area contributed by atoms with Crippen LogP contribution in [-0.2, 0) is 44.1 Å². The predicted molar refractivity (Wildman–Crippen MR) is 199 cm³/mol. The fourth-order valence-electron chi connectivity index (χ4n) is 9.96. The number of aliphatic hydroxyl groups excluding tert-OH is 1. The molecule has 55 heavy (non-hydrogen) atoms. The molecule has 0 unspecified atom stereocenters. The average Bonchev–Trinajstić information content (AvgIpc) is 3.66. The number of hydrogen-bond donors (Lipinski definition) is 4. The molecular weight excluding hydrogens is 731 g/mol. The van der Waals surface area contributed by atoms with E-state index in [0.717, 1.165) is 27.8 Å². The summed E-state index contributed by atoms with van der Waals surface area (Å²) in [5.74, 6) is 1.50. The predicted octanol–water partition coefficient (Wildman–Crippen LogP) is 3.51. The molecule has 3 aromatic carbocycles. The fraction of sp³-hybridized carbons (Fsp3) is 0.500. The fourth-order valence-corrected chi connectivity index (χ4v) is 11.7. The van der Waals surface area contributed by atoms with Crippen molar-refractivity contribution >= 4 is 23.7 Å². The highest BCUT2D eigenvalue weighted by atomic mass is 32.2. The highest BCUT2D eigenvalue weighted by Crippen LogP contribution is 2.63. The van der Waals surface area contributed by atoms with Gasteiger partial charge in [-0.15, -0.1) is 11.8 Å². The van der Waals surface area contributed by atoms with Gasteiger partial charge in [0, 0.05) is 60.2 Å². The van der Waals surface area contributed by atoms with E-state index < -0.39 is 53.1 Å². The van der Waals surface area contributed by atoms with Gasteiger partial charge in [0.15, 0.2) is 28.5 Å². The van der Waals surface area contributed by atoms with Crippen LogP contribution < -0.4 is 34.3 Å². The summed E-state index contributed by atoms with van der Waals surface area (Å²) in [5, 5.41) is 31.0. The highest BCUT2D eigenvalue weighted by Gasteiger charge is 2.60. The van der Waals surface area contributed by atoms with Crippen LogP contribution in [0.5, 0.6) is 34.5 Å². The van der Waals surface area contributed by atoms with Gasteiger partial charge in [-0.2, -0.15) is 0 Å². The number of nitrogens with zero attached hydrogens (tertiary/aromatic N) is 1. The number of benzene rings is 3. The summed E-state index contributed by atoms with van der Waals surface area (Å²) in [4.78, 5) is 29.7. The Morgan fingerprint density at radius 2 is 1.84 bits per heavy atom. The van der Waals surface area contributed by atoms with Crippen molar-refractivity contribution in [1.29, 1.82) is 0 Å². The van der Waals surface area contributed by atoms with Crippen LogP contribution in [-0.4, -0.2) is 92.4 Å². The van der Waals surface area contributed by atoms with E-state index in [-0.39, 0.29) is 24.9 Å². The first kappa shape index (κ1) is 36.4. The molecule has 2 fully saturated rings. The Kier molecular flexibility index (Phi) is 8.90. The second-order valence-electron chi connectivity index (χ2n) is 15.1. The van der Waals surface area contributed by atoms with Crippen molar-refractivity contribution in [2.45, 2.75) is 81.4 Å². The topological polar surface area (TPSA) is 167 Å². The number of methoxy groups -OCH3 is 3. The van der Waals surface area contributed by atoms with Crippen LogP contribution in [0.3, 0.4) is 0 Å². The van der Waals surface area contributed by atoms with E-state index in [0.29, 0.717) is 77.0 Å². The smallest absolute Gasteiger partial charge is 0.331 e. The quantitative estimate of drug-likeness (QED) is 0.220. The van der Waals surface area contributed by atoms with Gasteiger partial charge < -0.3 is 48.7 Å². The first-order chi connectivity index (χ1) is 26.5. The van der Waals surface area contributed by atoms with Gasteiger partial charge in [0.05, 0.1) is 44.2 Å². The number of thioether (sulfide) groups is 1. The maximum Gasteiger partial charge on any atom is 0.331 e. The molecule has 4 N–H and O–H groups in total. The van der Waals surface area contributed by atoms with Crippen LogP contribution >= 0.6 is 11.8 Å². The number of hydrogen-bond acceptors (Lipinski definition) is 15. The van der Waals surface area contributed by atoms with Gasteiger partial charge in [-0.25, -0.2) is 4.79 Å². The number of fused-ring (bicyclic) bond motifs is 9. The summed E-state index contributed by atoms with van der Waals surface area (Å²) in [5.41, 5.74) is 5.65. The van der Waals surface area contributed by atoms with Crippen molar-refractivity contribution in [3.8, 4) is 34.5 Å². The number of phenolic OH excluding ortho intramolecular Hbond substituents is 1. The molecule has 1 spiro atoms. The Morgan fingerprint density at radius 3 is 2.58 bits per heavy atom. The minimum atomic E-state index is -1.29. The number of carbonyl (C=O) groups excluding carboxylic acids is 2. The van der Waals surface area contributed by atoms with Gasteiger partial charge >= 0.3 is 11.9 Å². The minimum Gasteiger partial charge on any atom is -0.504 e. The highest BCUT2D eigenvalue weighted by molar-refractivity contribution is 7.99. The molecule has 7 aliphatic rings. The van der Waals surface area contributed by atoms with E-state index in [1.807, 2.05) is 36.9 Å². The monoisotopic (exact) mass is 775 g/mol. The number of aryl methyl sites for hydroxylation is 1. The summed E-state index contributed by atoms with van der Waals surface area (Å²) < 4.78 is 41.8. The van der Waals surface area contributed by atoms with E-state index in [4.69, 9.17) is 33.2 Å². The molecule has 14 nitrogen and oxygen atoms in total. The Bertz CT molecular complexity index is 2130. The zero-order valence-electron chi connectivity index (χ0n) is 31.6. The number of nitrogens with one attached hydrogen (secondary N) is 2. The van der Waals surface area contributed by atoms with E-state index in [2.05, 4.69) is 10.6 Å². The van der Waals surface area contributed by atoms with Crippen molar-refractivity contribution in [2.24, 2.45) is 0 Å². The first-order valence-corrected chi connectivity index (χ1v) is 19.6. The van der Waals surface area contributed by atoms with Crippen molar-refractivity contribution in [1.82, 2.24) is 15.5 Å². The zero-order valence-corrected chi connectivity index (χ0v) is 32.4. The number of ether oxygens (including phenoxy) is 7. The van der Waals surface area contributed by atoms with E-state index in [1.165, 1.54) is 25.8 Å². The van der Waals surface area contributed by atoms with Gasteiger partial charge in [0.1, 0.15) is 24.3 Å². The molecule has 3 aromatic rings. The lowest BCUT2D eigenvalue weighted by atomic mass is 9.74. The molecule has 4 bridgehead atoms. The van der Waals surface area contributed by atoms with Gasteiger partial charge in [0.25, 0.3) is 0 Å². The van der Waals surface area contributed by atoms with Crippen LogP contribution in [0.1, 0.15) is 74.3 Å². The molecule has 15 heteroatoms. The Labute approximate surface area is 322 Å². The van der Waals surface area contributed by atoms with Crippen LogP contribution in [0.2, 0.25) is 0 Å². The summed E-state index contributed by atoms with van der Waals surface area (Å²) >= 11 is 1.50. The maximum absolute atomic E-state index is 14.8. The van der Waals surface area contributed by atoms with Gasteiger partial charge in [0.2, 0.25) is 6.79 Å². The molecule has 0 aromatic heterocycles. The average molecular weight is 776 g/mol. The molecular formula is C40H45N3O11S. The molecule has 7 heterocycles. The molecule has 0 amide bonds. The molecule has 2 saturated heterocycles. The Morgan fingerprint density at radius 1 is 1.04 bits per heavy atom. The molecule has 0 aliphatic carbocycles. The lowest BCUT2D eigenvalue weighted by Gasteiger charge is -2.59. The number of rotatable bonds is 5. The lowest BCUT2D eigenvalue weighted by molar-refractivity contribution is -0.164.